The second-order valence-corrected chi connectivity index (χ2v) is 8.57. The Morgan fingerprint density at radius 2 is 2.20 bits per heavy atom. The fourth-order valence-electron chi connectivity index (χ4n) is 5.75. The molecule has 2 saturated heterocycles. The summed E-state index contributed by atoms with van der Waals surface area (Å²) in [5, 5.41) is 0. The van der Waals surface area contributed by atoms with Gasteiger partial charge in [-0.2, -0.15) is 3.89 Å². The molecule has 25 heavy (non-hydrogen) atoms. The molecule has 0 bridgehead atoms. The van der Waals surface area contributed by atoms with Crippen LogP contribution in [0.5, 0.6) is 5.88 Å². The molecule has 1 aliphatic carbocycles. The van der Waals surface area contributed by atoms with Crippen molar-refractivity contribution in [2.45, 2.75) is 41.7 Å². The van der Waals surface area contributed by atoms with Crippen LogP contribution in [0.1, 0.15) is 24.8 Å². The zero-order chi connectivity index (χ0) is 16.6. The maximum Gasteiger partial charge on any atom is 0.217 e. The number of halogens is 1. The van der Waals surface area contributed by atoms with Crippen molar-refractivity contribution < 1.29 is 8.62 Å². The van der Waals surface area contributed by atoms with Crippen LogP contribution in [0.4, 0.5) is 3.89 Å². The molecule has 0 N–H and O–H groups in total. The van der Waals surface area contributed by atoms with E-state index in [0.717, 1.165) is 30.0 Å². The van der Waals surface area contributed by atoms with Gasteiger partial charge in [0.15, 0.2) is 0 Å². The topological polar surface area (TPSA) is 25.4 Å². The number of rotatable bonds is 2. The quantitative estimate of drug-likeness (QED) is 0.804. The van der Waals surface area contributed by atoms with Gasteiger partial charge in [0.05, 0.1) is 12.1 Å². The lowest BCUT2D eigenvalue weighted by molar-refractivity contribution is -0.0858. The van der Waals surface area contributed by atoms with Gasteiger partial charge in [-0.25, -0.2) is 4.98 Å². The van der Waals surface area contributed by atoms with Crippen molar-refractivity contribution in [1.82, 2.24) is 9.88 Å². The molecule has 0 radical (unpaired) electrons. The molecule has 3 fully saturated rings. The van der Waals surface area contributed by atoms with Gasteiger partial charge in [-0.1, -0.05) is 18.2 Å². The van der Waals surface area contributed by atoms with Gasteiger partial charge < -0.3 is 4.74 Å². The number of hydrogen-bond donors (Lipinski definition) is 0. The molecule has 2 aromatic rings. The van der Waals surface area contributed by atoms with Crippen LogP contribution in [0.25, 0.3) is 11.1 Å². The second-order valence-electron chi connectivity index (χ2n) is 7.97. The van der Waals surface area contributed by atoms with Crippen LogP contribution < -0.4 is 4.74 Å². The van der Waals surface area contributed by atoms with Crippen molar-refractivity contribution in [3.8, 4) is 17.0 Å². The Morgan fingerprint density at radius 1 is 1.28 bits per heavy atom. The number of aromatic nitrogens is 1. The Labute approximate surface area is 150 Å². The van der Waals surface area contributed by atoms with E-state index in [-0.39, 0.29) is 5.60 Å². The maximum absolute atomic E-state index is 13.2. The Bertz CT molecular complexity index is 886. The Morgan fingerprint density at radius 3 is 2.92 bits per heavy atom. The fraction of sp³-hybridized carbons (Fsp3) is 0.450. The van der Waals surface area contributed by atoms with E-state index < -0.39 is 0 Å². The summed E-state index contributed by atoms with van der Waals surface area (Å²) >= 11 is 0.294. The van der Waals surface area contributed by atoms with E-state index in [9.17, 15) is 3.89 Å². The Kier molecular flexibility index (Phi) is 2.78. The van der Waals surface area contributed by atoms with Gasteiger partial charge >= 0.3 is 0 Å². The molecule has 1 aromatic carbocycles. The molecule has 5 heteroatoms. The molecule has 1 saturated carbocycles. The maximum atomic E-state index is 13.2. The van der Waals surface area contributed by atoms with E-state index in [4.69, 9.17) is 4.74 Å². The monoisotopic (exact) mass is 354 g/mol. The summed E-state index contributed by atoms with van der Waals surface area (Å²) in [7, 11) is 0. The summed E-state index contributed by atoms with van der Waals surface area (Å²) in [6.45, 7) is 2.26. The summed E-state index contributed by atoms with van der Waals surface area (Å²) in [4.78, 5) is 7.89. The van der Waals surface area contributed by atoms with Crippen molar-refractivity contribution in [3.05, 3.63) is 42.1 Å². The van der Waals surface area contributed by atoms with Crippen molar-refractivity contribution in [2.24, 2.45) is 5.92 Å². The zero-order valence-electron chi connectivity index (χ0n) is 13.9. The standard InChI is InChI=1S/C20H19FN2OS/c21-25-16-4-2-1-3-15(16)14-9-13-10-20(24-18(13)22-11-14)12-23-8-7-19(23)6-5-17(19)20/h1-4,9,11,17H,5-8,10,12H2. The molecule has 4 aliphatic rings. The van der Waals surface area contributed by atoms with Gasteiger partial charge in [0, 0.05) is 53.2 Å². The summed E-state index contributed by atoms with van der Waals surface area (Å²) < 4.78 is 19.7. The molecule has 2 spiro atoms. The van der Waals surface area contributed by atoms with E-state index in [1.54, 1.807) is 0 Å². The highest BCUT2D eigenvalue weighted by Crippen LogP contribution is 2.64. The predicted octanol–water partition coefficient (Wildman–Crippen LogP) is 4.27. The first-order valence-electron chi connectivity index (χ1n) is 9.05. The third-order valence-electron chi connectivity index (χ3n) is 7.05. The Hall–Kier alpha value is -1.59. The number of benzene rings is 1. The van der Waals surface area contributed by atoms with E-state index in [1.165, 1.54) is 31.4 Å². The minimum Gasteiger partial charge on any atom is -0.469 e. The summed E-state index contributed by atoms with van der Waals surface area (Å²) in [6.07, 6.45) is 6.71. The largest absolute Gasteiger partial charge is 0.469 e. The van der Waals surface area contributed by atoms with Gasteiger partial charge in [0.25, 0.3) is 0 Å². The SMILES string of the molecule is FSc1ccccc1-c1cnc2c(c1)CC1(CN3CCC34CCC14)O2. The highest BCUT2D eigenvalue weighted by atomic mass is 32.2. The van der Waals surface area contributed by atoms with E-state index >= 15 is 0 Å². The van der Waals surface area contributed by atoms with Crippen molar-refractivity contribution in [1.29, 1.82) is 0 Å². The molecular formula is C20H19FN2OS. The first kappa shape index (κ1) is 14.6. The summed E-state index contributed by atoms with van der Waals surface area (Å²) in [6, 6.07) is 9.74. The minimum absolute atomic E-state index is 0.0724. The van der Waals surface area contributed by atoms with Crippen LogP contribution in [-0.4, -0.2) is 34.1 Å². The van der Waals surface area contributed by atoms with Gasteiger partial charge in [-0.05, 0) is 37.0 Å². The highest BCUT2D eigenvalue weighted by Gasteiger charge is 2.71. The molecule has 3 unspecified atom stereocenters. The smallest absolute Gasteiger partial charge is 0.217 e. The van der Waals surface area contributed by atoms with Crippen molar-refractivity contribution in [3.63, 3.8) is 0 Å². The predicted molar refractivity (Wildman–Crippen MR) is 95.3 cm³/mol. The van der Waals surface area contributed by atoms with E-state index in [2.05, 4.69) is 16.0 Å². The van der Waals surface area contributed by atoms with E-state index in [0.29, 0.717) is 28.5 Å². The van der Waals surface area contributed by atoms with Crippen LogP contribution in [0.15, 0.2) is 41.4 Å². The van der Waals surface area contributed by atoms with E-state index in [1.807, 2.05) is 30.5 Å². The molecule has 3 nitrogen and oxygen atoms in total. The normalized spacial score (nSPS) is 34.7. The molecule has 6 rings (SSSR count). The summed E-state index contributed by atoms with van der Waals surface area (Å²) in [5.74, 6) is 1.44. The van der Waals surface area contributed by atoms with Gasteiger partial charge in [-0.3, -0.25) is 4.90 Å². The average molecular weight is 354 g/mol. The van der Waals surface area contributed by atoms with Crippen LogP contribution in [0.3, 0.4) is 0 Å². The lowest BCUT2D eigenvalue weighted by Gasteiger charge is -2.58. The molecule has 4 heterocycles. The molecule has 128 valence electrons. The average Bonchev–Trinajstić information content (AvgIpc) is 3.00. The van der Waals surface area contributed by atoms with Crippen LogP contribution in [0.2, 0.25) is 0 Å². The van der Waals surface area contributed by atoms with Crippen molar-refractivity contribution in [2.75, 3.05) is 13.1 Å². The van der Waals surface area contributed by atoms with Crippen LogP contribution in [-0.2, 0) is 6.42 Å². The van der Waals surface area contributed by atoms with Gasteiger partial charge in [-0.15, -0.1) is 0 Å². The van der Waals surface area contributed by atoms with Gasteiger partial charge in [0.2, 0.25) is 5.88 Å². The summed E-state index contributed by atoms with van der Waals surface area (Å²) in [5.41, 5.74) is 3.44. The third-order valence-corrected chi connectivity index (χ3v) is 7.57. The number of nitrogens with zero attached hydrogens (tertiary/aromatic N) is 2. The fourth-order valence-corrected chi connectivity index (χ4v) is 6.15. The van der Waals surface area contributed by atoms with Crippen LogP contribution >= 0.6 is 12.1 Å². The van der Waals surface area contributed by atoms with Crippen LogP contribution in [0, 0.1) is 5.92 Å². The first-order chi connectivity index (χ1) is 12.2. The highest BCUT2D eigenvalue weighted by molar-refractivity contribution is 7.94. The molecule has 3 atom stereocenters. The number of hydrogen-bond acceptors (Lipinski definition) is 4. The number of ether oxygens (including phenoxy) is 1. The molecular weight excluding hydrogens is 335 g/mol. The van der Waals surface area contributed by atoms with Gasteiger partial charge in [0.1, 0.15) is 5.60 Å². The molecule has 1 aromatic heterocycles. The molecule has 0 amide bonds. The first-order valence-corrected chi connectivity index (χ1v) is 9.77. The van der Waals surface area contributed by atoms with Crippen molar-refractivity contribution >= 4 is 12.1 Å². The number of fused-ring (bicyclic) bond motifs is 2. The zero-order valence-corrected chi connectivity index (χ0v) is 14.7. The second kappa shape index (κ2) is 4.77. The number of pyridine rings is 1. The minimum atomic E-state index is -0.0724. The molecule has 3 aliphatic heterocycles. The third kappa shape index (κ3) is 1.73. The lowest BCUT2D eigenvalue weighted by atomic mass is 9.58. The Balaban J connectivity index is 1.37. The lowest BCUT2D eigenvalue weighted by Crippen LogP contribution is -2.64.